The van der Waals surface area contributed by atoms with Crippen LogP contribution in [0.5, 0.6) is 0 Å². The lowest BCUT2D eigenvalue weighted by Gasteiger charge is -2.35. The molecule has 0 spiro atoms. The Morgan fingerprint density at radius 2 is 1.28 bits per heavy atom. The van der Waals surface area contributed by atoms with Crippen LogP contribution >= 0.6 is 0 Å². The molecule has 0 atom stereocenters. The molecule has 0 N–H and O–H groups in total. The van der Waals surface area contributed by atoms with E-state index < -0.39 is 0 Å². The van der Waals surface area contributed by atoms with E-state index in [9.17, 15) is 4.79 Å². The maximum absolute atomic E-state index is 12.5. The van der Waals surface area contributed by atoms with Gasteiger partial charge >= 0.3 is 5.97 Å². The molecule has 2 aromatic rings. The van der Waals surface area contributed by atoms with E-state index in [0.717, 1.165) is 43.9 Å². The first-order chi connectivity index (χ1) is 17.5. The van der Waals surface area contributed by atoms with Gasteiger partial charge in [-0.25, -0.2) is 0 Å². The number of hydrogen-bond donors (Lipinski definition) is 0. The van der Waals surface area contributed by atoms with Gasteiger partial charge in [0.1, 0.15) is 0 Å². The summed E-state index contributed by atoms with van der Waals surface area (Å²) in [5.41, 5.74) is 5.25. The highest BCUT2D eigenvalue weighted by molar-refractivity contribution is 5.76. The van der Waals surface area contributed by atoms with Crippen molar-refractivity contribution in [3.8, 4) is 11.1 Å². The third-order valence-corrected chi connectivity index (χ3v) is 9.18. The number of esters is 1. The number of ether oxygens (including phenoxy) is 1. The second kappa shape index (κ2) is 12.9. The van der Waals surface area contributed by atoms with Gasteiger partial charge < -0.3 is 4.74 Å². The molecule has 2 aliphatic rings. The van der Waals surface area contributed by atoms with Gasteiger partial charge in [0.2, 0.25) is 0 Å². The van der Waals surface area contributed by atoms with Gasteiger partial charge in [-0.1, -0.05) is 88.1 Å². The van der Waals surface area contributed by atoms with Crippen molar-refractivity contribution < 1.29 is 9.53 Å². The van der Waals surface area contributed by atoms with Crippen molar-refractivity contribution in [3.63, 3.8) is 0 Å². The van der Waals surface area contributed by atoms with Crippen LogP contribution in [0.25, 0.3) is 11.1 Å². The Hall–Kier alpha value is -2.09. The molecule has 0 saturated heterocycles. The number of unbranched alkanes of at least 4 members (excludes halogenated alkanes) is 2. The fraction of sp³-hybridized carbons (Fsp3) is 0.618. The molecule has 2 fully saturated rings. The Labute approximate surface area is 220 Å². The largest absolute Gasteiger partial charge is 0.465 e. The molecule has 4 rings (SSSR count). The van der Waals surface area contributed by atoms with Gasteiger partial charge in [0.15, 0.2) is 0 Å². The lowest BCUT2D eigenvalue weighted by Crippen LogP contribution is -2.34. The van der Waals surface area contributed by atoms with Crippen LogP contribution < -0.4 is 0 Å². The minimum Gasteiger partial charge on any atom is -0.465 e. The van der Waals surface area contributed by atoms with Crippen LogP contribution in [-0.4, -0.2) is 12.6 Å². The average Bonchev–Trinajstić information content (AvgIpc) is 2.93. The maximum atomic E-state index is 12.5. The molecule has 36 heavy (non-hydrogen) atoms. The zero-order valence-electron chi connectivity index (χ0n) is 23.1. The van der Waals surface area contributed by atoms with Gasteiger partial charge in [-0.3, -0.25) is 4.79 Å². The number of rotatable bonds is 10. The molecule has 2 aliphatic carbocycles. The van der Waals surface area contributed by atoms with Gasteiger partial charge in [0.05, 0.1) is 12.0 Å². The van der Waals surface area contributed by atoms with Gasteiger partial charge in [0.25, 0.3) is 0 Å². The van der Waals surface area contributed by atoms with Crippen molar-refractivity contribution in [2.45, 2.75) is 116 Å². The minimum absolute atomic E-state index is 0.00149. The predicted octanol–water partition coefficient (Wildman–Crippen LogP) is 9.82. The highest BCUT2D eigenvalue weighted by atomic mass is 16.5. The van der Waals surface area contributed by atoms with Gasteiger partial charge in [-0.15, -0.1) is 0 Å². The summed E-state index contributed by atoms with van der Waals surface area (Å²) in [5, 5.41) is 0. The highest BCUT2D eigenvalue weighted by Crippen LogP contribution is 2.44. The monoisotopic (exact) mass is 488 g/mol. The van der Waals surface area contributed by atoms with E-state index in [1.165, 1.54) is 73.6 Å². The Morgan fingerprint density at radius 1 is 0.750 bits per heavy atom. The van der Waals surface area contributed by atoms with Crippen molar-refractivity contribution in [3.05, 3.63) is 59.7 Å². The van der Waals surface area contributed by atoms with Crippen molar-refractivity contribution in [1.82, 2.24) is 0 Å². The van der Waals surface area contributed by atoms with Crippen LogP contribution in [0.2, 0.25) is 0 Å². The Morgan fingerprint density at radius 3 is 1.78 bits per heavy atom. The van der Waals surface area contributed by atoms with E-state index >= 15 is 0 Å². The van der Waals surface area contributed by atoms with Gasteiger partial charge in [-0.05, 0) is 105 Å². The van der Waals surface area contributed by atoms with E-state index in [0.29, 0.717) is 12.5 Å². The van der Waals surface area contributed by atoms with E-state index in [2.05, 4.69) is 62.4 Å². The minimum atomic E-state index is -0.304. The molecule has 0 aromatic heterocycles. The topological polar surface area (TPSA) is 26.3 Å². The zero-order valence-corrected chi connectivity index (χ0v) is 23.1. The molecule has 2 heteroatoms. The smallest absolute Gasteiger partial charge is 0.311 e. The zero-order chi connectivity index (χ0) is 25.4. The fourth-order valence-electron chi connectivity index (χ4n) is 6.52. The van der Waals surface area contributed by atoms with Crippen molar-refractivity contribution >= 4 is 5.97 Å². The van der Waals surface area contributed by atoms with Crippen molar-refractivity contribution in [2.75, 3.05) is 6.61 Å². The lowest BCUT2D eigenvalue weighted by molar-refractivity contribution is -0.157. The molecule has 2 saturated carbocycles. The second-order valence-electron chi connectivity index (χ2n) is 11.9. The van der Waals surface area contributed by atoms with E-state index in [-0.39, 0.29) is 11.4 Å². The Balaban J connectivity index is 1.28. The summed E-state index contributed by atoms with van der Waals surface area (Å²) in [6, 6.07) is 18.6. The summed E-state index contributed by atoms with van der Waals surface area (Å²) in [6.07, 6.45) is 16.0. The van der Waals surface area contributed by atoms with Crippen LogP contribution in [0.1, 0.15) is 127 Å². The summed E-state index contributed by atoms with van der Waals surface area (Å²) in [7, 11) is 0. The number of carbonyl (C=O) groups excluding carboxylic acids is 1. The van der Waals surface area contributed by atoms with Gasteiger partial charge in [0, 0.05) is 0 Å². The third-order valence-electron chi connectivity index (χ3n) is 9.18. The average molecular weight is 489 g/mol. The predicted molar refractivity (Wildman–Crippen MR) is 151 cm³/mol. The molecular formula is C34H48O2. The Bertz CT molecular complexity index is 926. The van der Waals surface area contributed by atoms with Crippen LogP contribution in [0, 0.1) is 11.3 Å². The molecule has 2 aromatic carbocycles. The molecule has 0 radical (unpaired) electrons. The summed E-state index contributed by atoms with van der Waals surface area (Å²) >= 11 is 0. The van der Waals surface area contributed by atoms with Crippen LogP contribution in [0.3, 0.4) is 0 Å². The molecule has 196 valence electrons. The fourth-order valence-corrected chi connectivity index (χ4v) is 6.52. The Kier molecular flexibility index (Phi) is 9.68. The molecule has 0 amide bonds. The number of carbonyl (C=O) groups is 1. The molecule has 0 aliphatic heterocycles. The molecular weight excluding hydrogens is 440 g/mol. The molecule has 0 bridgehead atoms. The molecule has 0 heterocycles. The third kappa shape index (κ3) is 6.81. The molecule has 0 unspecified atom stereocenters. The summed E-state index contributed by atoms with van der Waals surface area (Å²) in [6.45, 7) is 6.98. The summed E-state index contributed by atoms with van der Waals surface area (Å²) in [4.78, 5) is 12.5. The van der Waals surface area contributed by atoms with Crippen LogP contribution in [0.15, 0.2) is 48.5 Å². The van der Waals surface area contributed by atoms with E-state index in [4.69, 9.17) is 4.74 Å². The van der Waals surface area contributed by atoms with Crippen molar-refractivity contribution in [2.24, 2.45) is 11.3 Å². The first-order valence-corrected chi connectivity index (χ1v) is 14.9. The first kappa shape index (κ1) is 27.0. The van der Waals surface area contributed by atoms with Gasteiger partial charge in [-0.2, -0.15) is 0 Å². The van der Waals surface area contributed by atoms with E-state index in [1.807, 2.05) is 6.92 Å². The van der Waals surface area contributed by atoms with Crippen LogP contribution in [-0.2, 0) is 9.53 Å². The maximum Gasteiger partial charge on any atom is 0.311 e. The SMILES string of the molecule is CCCCCC1CCC(c2ccc(-c3ccc(C4CCC(C)(C(=O)OCCC)CC4)cc3)cc2)CC1. The van der Waals surface area contributed by atoms with Crippen LogP contribution in [0.4, 0.5) is 0 Å². The number of benzene rings is 2. The first-order valence-electron chi connectivity index (χ1n) is 14.9. The van der Waals surface area contributed by atoms with Crippen molar-refractivity contribution in [1.29, 1.82) is 0 Å². The number of hydrogen-bond acceptors (Lipinski definition) is 2. The second-order valence-corrected chi connectivity index (χ2v) is 11.9. The molecule has 2 nitrogen and oxygen atoms in total. The normalized spacial score (nSPS) is 26.5. The summed E-state index contributed by atoms with van der Waals surface area (Å²) < 4.78 is 5.47. The van der Waals surface area contributed by atoms with E-state index in [1.54, 1.807) is 0 Å². The highest BCUT2D eigenvalue weighted by Gasteiger charge is 2.39. The lowest BCUT2D eigenvalue weighted by atomic mass is 9.70. The quantitative estimate of drug-likeness (QED) is 0.246. The standard InChI is InChI=1S/C34H48O2/c1-4-6-7-8-26-9-11-27(12-10-26)28-13-15-29(16-14-28)30-17-19-31(20-18-30)32-21-23-34(3,24-22-32)33(35)36-25-5-2/h13-20,26-27,32H,4-12,21-25H2,1-3H3. The summed E-state index contributed by atoms with van der Waals surface area (Å²) in [5.74, 6) is 2.27.